The maximum atomic E-state index is 11.8. The van der Waals surface area contributed by atoms with Gasteiger partial charge in [0.15, 0.2) is 0 Å². The third kappa shape index (κ3) is 2.89. The summed E-state index contributed by atoms with van der Waals surface area (Å²) in [6, 6.07) is 2.10. The summed E-state index contributed by atoms with van der Waals surface area (Å²) in [6.45, 7) is 4.72. The van der Waals surface area contributed by atoms with Crippen molar-refractivity contribution < 1.29 is 0 Å². The maximum Gasteiger partial charge on any atom is 0.275 e. The van der Waals surface area contributed by atoms with Crippen molar-refractivity contribution in [2.24, 2.45) is 0 Å². The van der Waals surface area contributed by atoms with E-state index in [0.29, 0.717) is 11.0 Å². The summed E-state index contributed by atoms with van der Waals surface area (Å²) >= 11 is 1.49. The van der Waals surface area contributed by atoms with Crippen molar-refractivity contribution in [2.75, 3.05) is 20.1 Å². The molecule has 0 bridgehead atoms. The van der Waals surface area contributed by atoms with Gasteiger partial charge in [0.05, 0.1) is 6.54 Å². The molecule has 1 fully saturated rings. The summed E-state index contributed by atoms with van der Waals surface area (Å²) in [4.78, 5) is 19.1. The quantitative estimate of drug-likeness (QED) is 0.896. The Morgan fingerprint density at radius 1 is 1.60 bits per heavy atom. The molecule has 0 amide bonds. The first-order valence-corrected chi connectivity index (χ1v) is 7.72. The predicted molar refractivity (Wildman–Crippen MR) is 79.2 cm³/mol. The number of likely N-dealkylation sites (N-methyl/N-ethyl adjacent to an activating group) is 1. The van der Waals surface area contributed by atoms with Crippen molar-refractivity contribution in [3.05, 3.63) is 27.1 Å². The van der Waals surface area contributed by atoms with Crippen molar-refractivity contribution in [1.82, 2.24) is 24.8 Å². The minimum absolute atomic E-state index is 0.102. The molecular weight excluding hydrogens is 274 g/mol. The Bertz CT molecular complexity index is 658. The van der Waals surface area contributed by atoms with Crippen LogP contribution in [0.15, 0.2) is 10.9 Å². The van der Waals surface area contributed by atoms with E-state index in [1.54, 1.807) is 0 Å². The van der Waals surface area contributed by atoms with Gasteiger partial charge in [-0.3, -0.25) is 9.69 Å². The van der Waals surface area contributed by atoms with Crippen LogP contribution in [0, 0.1) is 6.92 Å². The average Bonchev–Trinajstić information content (AvgIpc) is 2.98. The zero-order chi connectivity index (χ0) is 14.1. The fourth-order valence-electron chi connectivity index (χ4n) is 2.61. The van der Waals surface area contributed by atoms with E-state index in [1.807, 2.05) is 6.92 Å². The van der Waals surface area contributed by atoms with Crippen molar-refractivity contribution in [2.45, 2.75) is 32.4 Å². The van der Waals surface area contributed by atoms with Crippen LogP contribution in [0.1, 0.15) is 23.5 Å². The second-order valence-corrected chi connectivity index (χ2v) is 6.46. The third-order valence-corrected chi connectivity index (χ3v) is 4.41. The molecule has 2 aromatic rings. The fraction of sp³-hybridized carbons (Fsp3) is 0.615. The van der Waals surface area contributed by atoms with E-state index in [4.69, 9.17) is 0 Å². The van der Waals surface area contributed by atoms with Crippen LogP contribution in [0.4, 0.5) is 0 Å². The lowest BCUT2D eigenvalue weighted by Crippen LogP contribution is -2.34. The molecule has 2 aromatic heterocycles. The molecule has 0 saturated carbocycles. The van der Waals surface area contributed by atoms with Gasteiger partial charge in [0.25, 0.3) is 5.56 Å². The number of fused-ring (bicyclic) bond motifs is 1. The molecule has 1 unspecified atom stereocenters. The van der Waals surface area contributed by atoms with E-state index in [1.165, 1.54) is 34.8 Å². The number of hydrogen-bond acceptors (Lipinski definition) is 6. The molecule has 20 heavy (non-hydrogen) atoms. The van der Waals surface area contributed by atoms with Gasteiger partial charge >= 0.3 is 0 Å². The summed E-state index contributed by atoms with van der Waals surface area (Å²) < 4.78 is 1.40. The van der Waals surface area contributed by atoms with Crippen molar-refractivity contribution in [3.8, 4) is 0 Å². The Hall–Kier alpha value is -1.31. The monoisotopic (exact) mass is 293 g/mol. The molecule has 1 aliphatic heterocycles. The molecule has 1 N–H and O–H groups in total. The molecule has 0 radical (unpaired) electrons. The molecule has 0 aromatic carbocycles. The number of rotatable bonds is 4. The number of aromatic nitrogens is 3. The van der Waals surface area contributed by atoms with E-state index in [0.717, 1.165) is 30.3 Å². The highest BCUT2D eigenvalue weighted by Gasteiger charge is 2.17. The Kier molecular flexibility index (Phi) is 3.82. The molecule has 1 saturated heterocycles. The largest absolute Gasteiger partial charge is 0.313 e. The lowest BCUT2D eigenvalue weighted by molar-refractivity contribution is 0.292. The lowest BCUT2D eigenvalue weighted by atomic mass is 10.2. The van der Waals surface area contributed by atoms with Crippen LogP contribution in [0.25, 0.3) is 4.96 Å². The molecule has 3 heterocycles. The summed E-state index contributed by atoms with van der Waals surface area (Å²) in [5, 5.41) is 8.79. The number of hydrogen-bond donors (Lipinski definition) is 1. The van der Waals surface area contributed by atoms with Gasteiger partial charge in [-0.25, -0.2) is 4.98 Å². The minimum Gasteiger partial charge on any atom is -0.313 e. The van der Waals surface area contributed by atoms with E-state index < -0.39 is 0 Å². The van der Waals surface area contributed by atoms with E-state index in [2.05, 4.69) is 27.3 Å². The normalized spacial score (nSPS) is 19.2. The van der Waals surface area contributed by atoms with Gasteiger partial charge < -0.3 is 5.32 Å². The highest BCUT2D eigenvalue weighted by atomic mass is 32.1. The lowest BCUT2D eigenvalue weighted by Gasteiger charge is -2.19. The van der Waals surface area contributed by atoms with Crippen LogP contribution >= 0.6 is 11.3 Å². The molecule has 0 spiro atoms. The van der Waals surface area contributed by atoms with Crippen LogP contribution < -0.4 is 10.9 Å². The highest BCUT2D eigenvalue weighted by Crippen LogP contribution is 2.14. The zero-order valence-corrected chi connectivity index (χ0v) is 12.6. The first kappa shape index (κ1) is 13.7. The highest BCUT2D eigenvalue weighted by molar-refractivity contribution is 7.16. The first-order valence-electron chi connectivity index (χ1n) is 6.90. The first-order chi connectivity index (χ1) is 9.61. The Morgan fingerprint density at radius 2 is 2.45 bits per heavy atom. The fourth-order valence-corrected chi connectivity index (χ4v) is 3.63. The van der Waals surface area contributed by atoms with Crippen molar-refractivity contribution >= 4 is 16.3 Å². The third-order valence-electron chi connectivity index (χ3n) is 3.51. The van der Waals surface area contributed by atoms with Gasteiger partial charge in [0.1, 0.15) is 5.01 Å². The van der Waals surface area contributed by atoms with Crippen LogP contribution in [-0.2, 0) is 6.54 Å². The summed E-state index contributed by atoms with van der Waals surface area (Å²) in [5.41, 5.74) is 0.642. The molecule has 7 heteroatoms. The Labute approximate surface area is 121 Å². The van der Waals surface area contributed by atoms with Gasteiger partial charge in [0, 0.05) is 24.3 Å². The standard InChI is InChI=1S/C13H19N5OS/c1-9-6-12(19)18-13(15-9)20-11(16-18)8-17(2)7-10-4-3-5-14-10/h6,10,14H,3-5,7-8H2,1-2H3. The Morgan fingerprint density at radius 3 is 3.20 bits per heavy atom. The van der Waals surface area contributed by atoms with Gasteiger partial charge in [-0.1, -0.05) is 11.3 Å². The van der Waals surface area contributed by atoms with Gasteiger partial charge in [-0.15, -0.1) is 0 Å². The molecule has 0 aliphatic carbocycles. The topological polar surface area (TPSA) is 62.5 Å². The number of aryl methyl sites for hydroxylation is 1. The smallest absolute Gasteiger partial charge is 0.275 e. The SMILES string of the molecule is Cc1cc(=O)n2nc(CN(C)CC3CCCN3)sc2n1. The maximum absolute atomic E-state index is 11.8. The second kappa shape index (κ2) is 5.59. The molecule has 1 atom stereocenters. The molecule has 6 nitrogen and oxygen atoms in total. The molecular formula is C13H19N5OS. The summed E-state index contributed by atoms with van der Waals surface area (Å²) in [6.07, 6.45) is 2.50. The van der Waals surface area contributed by atoms with Crippen LogP contribution in [0.5, 0.6) is 0 Å². The predicted octanol–water partition coefficient (Wildman–Crippen LogP) is 0.643. The van der Waals surface area contributed by atoms with Crippen LogP contribution in [0.2, 0.25) is 0 Å². The van der Waals surface area contributed by atoms with Crippen LogP contribution in [-0.4, -0.2) is 45.7 Å². The summed E-state index contributed by atoms with van der Waals surface area (Å²) in [5.74, 6) is 0. The zero-order valence-electron chi connectivity index (χ0n) is 11.8. The summed E-state index contributed by atoms with van der Waals surface area (Å²) in [7, 11) is 2.09. The van der Waals surface area contributed by atoms with E-state index >= 15 is 0 Å². The van der Waals surface area contributed by atoms with Crippen molar-refractivity contribution in [3.63, 3.8) is 0 Å². The molecule has 1 aliphatic rings. The van der Waals surface area contributed by atoms with Gasteiger partial charge in [0.2, 0.25) is 4.96 Å². The number of nitrogens with one attached hydrogen (secondary N) is 1. The van der Waals surface area contributed by atoms with Gasteiger partial charge in [-0.05, 0) is 33.4 Å². The average molecular weight is 293 g/mol. The molecule has 108 valence electrons. The second-order valence-electron chi connectivity index (χ2n) is 5.42. The van der Waals surface area contributed by atoms with Crippen molar-refractivity contribution in [1.29, 1.82) is 0 Å². The van der Waals surface area contributed by atoms with Gasteiger partial charge in [-0.2, -0.15) is 9.61 Å². The van der Waals surface area contributed by atoms with Crippen LogP contribution in [0.3, 0.4) is 0 Å². The minimum atomic E-state index is -0.102. The number of nitrogens with zero attached hydrogens (tertiary/aromatic N) is 4. The Balaban J connectivity index is 1.73. The molecule has 3 rings (SSSR count). The van der Waals surface area contributed by atoms with E-state index in [9.17, 15) is 4.79 Å². The van der Waals surface area contributed by atoms with E-state index in [-0.39, 0.29) is 5.56 Å².